The second kappa shape index (κ2) is 11.8. The van der Waals surface area contributed by atoms with Gasteiger partial charge in [-0.1, -0.05) is 17.8 Å². The Hall–Kier alpha value is -3.40. The van der Waals surface area contributed by atoms with Crippen LogP contribution in [0, 0.1) is 5.41 Å². The van der Waals surface area contributed by atoms with Crippen molar-refractivity contribution in [2.75, 3.05) is 48.9 Å². The lowest BCUT2D eigenvalue weighted by molar-refractivity contribution is -0.363. The third-order valence-corrected chi connectivity index (χ3v) is 8.95. The molecule has 1 saturated heterocycles. The molecule has 0 unspecified atom stereocenters. The summed E-state index contributed by atoms with van der Waals surface area (Å²) in [5, 5.41) is 6.56. The molecule has 3 heterocycles. The third kappa shape index (κ3) is 6.12. The van der Waals surface area contributed by atoms with Crippen molar-refractivity contribution in [2.45, 2.75) is 84.3 Å². The van der Waals surface area contributed by atoms with E-state index in [-0.39, 0.29) is 17.9 Å². The number of H-pyrrole nitrogens is 1. The van der Waals surface area contributed by atoms with Crippen molar-refractivity contribution < 1.29 is 19.3 Å². The predicted molar refractivity (Wildman–Crippen MR) is 161 cm³/mol. The first kappa shape index (κ1) is 29.1. The Morgan fingerprint density at radius 2 is 1.85 bits per heavy atom. The minimum Gasteiger partial charge on any atom is -0.493 e. The van der Waals surface area contributed by atoms with Crippen LogP contribution in [-0.2, 0) is 4.79 Å². The maximum atomic E-state index is 13.3. The smallest absolute Gasteiger partial charge is 0.396 e. The van der Waals surface area contributed by atoms with E-state index in [9.17, 15) is 9.59 Å². The van der Waals surface area contributed by atoms with Crippen LogP contribution in [0.4, 0.5) is 23.1 Å². The Bertz CT molecular complexity index is 1270. The Kier molecular flexibility index (Phi) is 8.40. The van der Waals surface area contributed by atoms with E-state index in [4.69, 9.17) is 9.72 Å². The summed E-state index contributed by atoms with van der Waals surface area (Å²) in [7, 11) is 3.42. The van der Waals surface area contributed by atoms with Gasteiger partial charge in [0.05, 0.1) is 18.7 Å². The van der Waals surface area contributed by atoms with E-state index in [2.05, 4.69) is 39.3 Å². The fourth-order valence-electron chi connectivity index (χ4n) is 6.46. The number of methoxy groups -OCH3 is 1. The number of hydrogen-bond acceptors (Lipinski definition) is 7. The molecule has 1 aliphatic carbocycles. The van der Waals surface area contributed by atoms with Gasteiger partial charge in [-0.3, -0.25) is 9.59 Å². The van der Waals surface area contributed by atoms with Gasteiger partial charge in [0.25, 0.3) is 5.91 Å². The number of carbonyl (C=O) groups is 2. The maximum absolute atomic E-state index is 13.3. The molecular weight excluding hydrogens is 518 g/mol. The van der Waals surface area contributed by atoms with Gasteiger partial charge in [0.2, 0.25) is 11.7 Å². The molecular formula is C31H46N7O3+. The van der Waals surface area contributed by atoms with Gasteiger partial charge in [-0.15, -0.1) is 0 Å². The molecule has 0 spiro atoms. The van der Waals surface area contributed by atoms with Crippen molar-refractivity contribution in [2.24, 2.45) is 5.41 Å². The Balaban J connectivity index is 1.35. The van der Waals surface area contributed by atoms with E-state index in [1.54, 1.807) is 18.1 Å². The largest absolute Gasteiger partial charge is 0.493 e. The molecule has 2 aromatic rings. The molecule has 1 aromatic heterocycles. The number of hydrogen-bond donors (Lipinski definition) is 2. The van der Waals surface area contributed by atoms with Crippen LogP contribution in [0.3, 0.4) is 0 Å². The molecule has 10 heteroatoms. The SMILES string of the molecule is COc1cc(C(=O)NC2CCN(C(C)C)CC2)ccc1Nc1nc2c(c[nH+]1)N(C)C(=O)C(C)(C)CN2C1CCCC1. The Morgan fingerprint density at radius 3 is 2.51 bits per heavy atom. The Labute approximate surface area is 243 Å². The van der Waals surface area contributed by atoms with Crippen LogP contribution in [0.2, 0.25) is 0 Å². The van der Waals surface area contributed by atoms with E-state index in [0.717, 1.165) is 50.3 Å². The number of anilines is 4. The normalized spacial score (nSPS) is 20.2. The lowest BCUT2D eigenvalue weighted by Gasteiger charge is -2.34. The highest BCUT2D eigenvalue weighted by Gasteiger charge is 2.43. The Morgan fingerprint density at radius 1 is 1.15 bits per heavy atom. The average molecular weight is 565 g/mol. The molecule has 0 radical (unpaired) electrons. The molecule has 1 aromatic carbocycles. The highest BCUT2D eigenvalue weighted by Crippen LogP contribution is 2.40. The summed E-state index contributed by atoms with van der Waals surface area (Å²) in [6, 6.07) is 6.50. The fourth-order valence-corrected chi connectivity index (χ4v) is 6.46. The van der Waals surface area contributed by atoms with Gasteiger partial charge in [0.1, 0.15) is 11.4 Å². The van der Waals surface area contributed by atoms with Gasteiger partial charge in [-0.25, -0.2) is 10.3 Å². The van der Waals surface area contributed by atoms with Crippen LogP contribution in [0.5, 0.6) is 5.75 Å². The van der Waals surface area contributed by atoms with Gasteiger partial charge in [0.15, 0.2) is 5.75 Å². The number of carbonyl (C=O) groups excluding carboxylic acids is 2. The molecule has 0 bridgehead atoms. The lowest BCUT2D eigenvalue weighted by atomic mass is 9.91. The predicted octanol–water partition coefficient (Wildman–Crippen LogP) is 4.00. The van der Waals surface area contributed by atoms with Crippen LogP contribution in [0.1, 0.15) is 76.6 Å². The number of benzene rings is 1. The van der Waals surface area contributed by atoms with Crippen LogP contribution in [0.15, 0.2) is 24.4 Å². The van der Waals surface area contributed by atoms with E-state index in [1.807, 2.05) is 39.2 Å². The highest BCUT2D eigenvalue weighted by atomic mass is 16.5. The van der Waals surface area contributed by atoms with Crippen LogP contribution in [0.25, 0.3) is 0 Å². The maximum Gasteiger partial charge on any atom is 0.396 e. The lowest BCUT2D eigenvalue weighted by Crippen LogP contribution is -2.46. The fraction of sp³-hybridized carbons (Fsp3) is 0.613. The third-order valence-electron chi connectivity index (χ3n) is 8.95. The summed E-state index contributed by atoms with van der Waals surface area (Å²) in [4.78, 5) is 41.1. The highest BCUT2D eigenvalue weighted by molar-refractivity contribution is 6.00. The number of aromatic amines is 1. The summed E-state index contributed by atoms with van der Waals surface area (Å²) >= 11 is 0. The molecule has 41 heavy (non-hydrogen) atoms. The number of nitrogens with one attached hydrogen (secondary N) is 3. The number of piperidine rings is 1. The van der Waals surface area contributed by atoms with Crippen molar-refractivity contribution in [3.63, 3.8) is 0 Å². The molecule has 2 aliphatic heterocycles. The first-order valence-corrected chi connectivity index (χ1v) is 15.0. The number of rotatable bonds is 7. The number of fused-ring (bicyclic) bond motifs is 1. The van der Waals surface area contributed by atoms with Crippen LogP contribution in [-0.4, -0.2) is 73.6 Å². The number of aromatic nitrogens is 2. The van der Waals surface area contributed by atoms with Gasteiger partial charge in [-0.2, -0.15) is 0 Å². The quantitative estimate of drug-likeness (QED) is 0.524. The number of likely N-dealkylation sites (tertiary alicyclic amines) is 1. The van der Waals surface area contributed by atoms with Gasteiger partial charge >= 0.3 is 5.95 Å². The van der Waals surface area contributed by atoms with Crippen molar-refractivity contribution >= 4 is 35.0 Å². The molecule has 222 valence electrons. The zero-order valence-corrected chi connectivity index (χ0v) is 25.4. The van der Waals surface area contributed by atoms with Crippen LogP contribution < -0.4 is 30.2 Å². The molecule has 2 fully saturated rings. The van der Waals surface area contributed by atoms with Crippen LogP contribution >= 0.6 is 0 Å². The van der Waals surface area contributed by atoms with Crippen molar-refractivity contribution in [1.82, 2.24) is 15.2 Å². The second-order valence-corrected chi connectivity index (χ2v) is 12.7. The van der Waals surface area contributed by atoms with E-state index in [0.29, 0.717) is 41.6 Å². The molecule has 3 N–H and O–H groups in total. The number of nitrogens with zero attached hydrogens (tertiary/aromatic N) is 4. The van der Waals surface area contributed by atoms with E-state index in [1.165, 1.54) is 12.8 Å². The molecule has 1 saturated carbocycles. The molecule has 2 amide bonds. The zero-order valence-electron chi connectivity index (χ0n) is 25.4. The topological polar surface area (TPSA) is 104 Å². The molecule has 10 nitrogen and oxygen atoms in total. The minimum atomic E-state index is -0.531. The van der Waals surface area contributed by atoms with Gasteiger partial charge < -0.3 is 24.8 Å². The summed E-state index contributed by atoms with van der Waals surface area (Å²) in [5.74, 6) is 1.89. The number of ether oxygens (including phenoxy) is 1. The average Bonchev–Trinajstić information content (AvgIpc) is 3.48. The van der Waals surface area contributed by atoms with Crippen molar-refractivity contribution in [3.05, 3.63) is 30.0 Å². The first-order valence-electron chi connectivity index (χ1n) is 15.0. The molecule has 0 atom stereocenters. The first-order chi connectivity index (χ1) is 19.6. The second-order valence-electron chi connectivity index (χ2n) is 12.7. The van der Waals surface area contributed by atoms with Gasteiger partial charge in [-0.05, 0) is 71.6 Å². The summed E-state index contributed by atoms with van der Waals surface area (Å²) < 4.78 is 5.68. The number of amides is 2. The minimum absolute atomic E-state index is 0.0798. The zero-order chi connectivity index (χ0) is 29.3. The summed E-state index contributed by atoms with van der Waals surface area (Å²) in [6.45, 7) is 11.1. The molecule has 3 aliphatic rings. The van der Waals surface area contributed by atoms with Gasteiger partial charge in [0, 0.05) is 50.4 Å². The molecule has 5 rings (SSSR count). The standard InChI is InChI=1S/C31H45N7O3/c1-20(2)37-15-13-22(14-16-37)33-28(39)21-11-12-24(26(17-21)41-6)34-30-32-18-25-27(35-30)38(23-9-7-8-10-23)19-31(3,4)29(40)36(25)5/h11-12,17-18,20,22-23H,7-10,13-16,19H2,1-6H3,(H,33,39)(H,32,34,35)/p+1. The van der Waals surface area contributed by atoms with Crippen molar-refractivity contribution in [3.8, 4) is 5.75 Å². The van der Waals surface area contributed by atoms with E-state index >= 15 is 0 Å². The van der Waals surface area contributed by atoms with Crippen molar-refractivity contribution in [1.29, 1.82) is 0 Å². The summed E-state index contributed by atoms with van der Waals surface area (Å²) in [5.41, 5.74) is 1.50. The monoisotopic (exact) mass is 564 g/mol. The summed E-state index contributed by atoms with van der Waals surface area (Å²) in [6.07, 6.45) is 8.35. The van der Waals surface area contributed by atoms with E-state index < -0.39 is 5.41 Å².